The molecule has 33 heavy (non-hydrogen) atoms. The highest BCUT2D eigenvalue weighted by molar-refractivity contribution is 7.92. The molecule has 1 unspecified atom stereocenters. The van der Waals surface area contributed by atoms with Crippen LogP contribution in [0.5, 0.6) is 0 Å². The molecule has 0 saturated carbocycles. The van der Waals surface area contributed by atoms with Crippen LogP contribution in [0.15, 0.2) is 41.3 Å². The van der Waals surface area contributed by atoms with Gasteiger partial charge < -0.3 is 10.1 Å². The highest BCUT2D eigenvalue weighted by Gasteiger charge is 2.35. The maximum atomic E-state index is 14.4. The number of ether oxygens (including phenoxy) is 1. The zero-order valence-corrected chi connectivity index (χ0v) is 21.6. The number of benzene rings is 2. The third kappa shape index (κ3) is 6.54. The van der Waals surface area contributed by atoms with Crippen molar-refractivity contribution in [1.29, 1.82) is 0 Å². The van der Waals surface area contributed by atoms with Crippen molar-refractivity contribution < 1.29 is 22.3 Å². The molecule has 0 aliphatic carbocycles. The average molecular weight is 481 g/mol. The molecule has 0 radical (unpaired) electrons. The number of nitrogens with one attached hydrogen (secondary N) is 1. The molecule has 1 N–H and O–H groups in total. The lowest BCUT2D eigenvalue weighted by atomic mass is 9.95. The molecule has 0 fully saturated rings. The molecule has 1 heterocycles. The number of fused-ring (bicyclic) bond motifs is 2. The standard InChI is InChI=1S/C21H25FN2O4S.2C2H6/c1-14-12-19-16(13-17(14)22)21(23-11-7-6-10-20(25)28-3)15-8-4-5-9-18(15)24(2)29(19,26)27;2*1-2/h4-5,8-9,12-13,21,23H,6-7,10-11H2,1-3H3;2*1-2H3. The summed E-state index contributed by atoms with van der Waals surface area (Å²) >= 11 is 0. The van der Waals surface area contributed by atoms with Crippen LogP contribution in [-0.2, 0) is 19.6 Å². The molecular weight excluding hydrogens is 443 g/mol. The number of methoxy groups -OCH3 is 1. The Balaban J connectivity index is 0.00000129. The molecule has 184 valence electrons. The van der Waals surface area contributed by atoms with Gasteiger partial charge in [-0.15, -0.1) is 0 Å². The van der Waals surface area contributed by atoms with E-state index in [4.69, 9.17) is 0 Å². The number of halogens is 1. The first-order valence-corrected chi connectivity index (χ1v) is 12.9. The van der Waals surface area contributed by atoms with E-state index >= 15 is 0 Å². The minimum Gasteiger partial charge on any atom is -0.469 e. The van der Waals surface area contributed by atoms with Crippen molar-refractivity contribution >= 4 is 21.7 Å². The molecule has 0 saturated heterocycles. The van der Waals surface area contributed by atoms with Gasteiger partial charge in [-0.1, -0.05) is 45.9 Å². The van der Waals surface area contributed by atoms with E-state index in [9.17, 15) is 17.6 Å². The number of anilines is 1. The van der Waals surface area contributed by atoms with Crippen molar-refractivity contribution in [3.63, 3.8) is 0 Å². The Morgan fingerprint density at radius 1 is 1.09 bits per heavy atom. The van der Waals surface area contributed by atoms with Gasteiger partial charge in [0, 0.05) is 13.5 Å². The molecule has 2 aromatic rings. The van der Waals surface area contributed by atoms with E-state index < -0.39 is 21.9 Å². The molecule has 1 atom stereocenters. The van der Waals surface area contributed by atoms with Gasteiger partial charge in [0.25, 0.3) is 10.0 Å². The van der Waals surface area contributed by atoms with Gasteiger partial charge in [0.15, 0.2) is 0 Å². The van der Waals surface area contributed by atoms with Crippen molar-refractivity contribution in [3.8, 4) is 0 Å². The van der Waals surface area contributed by atoms with Crippen molar-refractivity contribution in [2.24, 2.45) is 0 Å². The second-order valence-electron chi connectivity index (χ2n) is 7.09. The van der Waals surface area contributed by atoms with E-state index in [0.717, 1.165) is 5.56 Å². The van der Waals surface area contributed by atoms with Gasteiger partial charge in [-0.2, -0.15) is 0 Å². The normalized spacial score (nSPS) is 15.5. The molecule has 0 amide bonds. The van der Waals surface area contributed by atoms with Gasteiger partial charge in [0.1, 0.15) is 5.82 Å². The zero-order chi connectivity index (χ0) is 25.2. The summed E-state index contributed by atoms with van der Waals surface area (Å²) in [6, 6.07) is 9.42. The number of esters is 1. The van der Waals surface area contributed by atoms with Gasteiger partial charge in [0.2, 0.25) is 0 Å². The van der Waals surface area contributed by atoms with Crippen molar-refractivity contribution in [1.82, 2.24) is 5.32 Å². The van der Waals surface area contributed by atoms with Crippen molar-refractivity contribution in [2.75, 3.05) is 25.0 Å². The predicted molar refractivity (Wildman–Crippen MR) is 132 cm³/mol. The summed E-state index contributed by atoms with van der Waals surface area (Å²) in [6.07, 6.45) is 1.66. The van der Waals surface area contributed by atoms with Crippen LogP contribution >= 0.6 is 0 Å². The summed E-state index contributed by atoms with van der Waals surface area (Å²) in [4.78, 5) is 11.4. The lowest BCUT2D eigenvalue weighted by molar-refractivity contribution is -0.140. The van der Waals surface area contributed by atoms with E-state index in [2.05, 4.69) is 10.1 Å². The predicted octanol–water partition coefficient (Wildman–Crippen LogP) is 5.35. The first-order valence-electron chi connectivity index (χ1n) is 11.5. The van der Waals surface area contributed by atoms with Crippen LogP contribution in [-0.4, -0.2) is 35.1 Å². The van der Waals surface area contributed by atoms with E-state index in [1.54, 1.807) is 19.1 Å². The molecule has 3 rings (SSSR count). The Morgan fingerprint density at radius 3 is 2.36 bits per heavy atom. The molecule has 8 heteroatoms. The van der Waals surface area contributed by atoms with Gasteiger partial charge in [-0.3, -0.25) is 9.10 Å². The Hall–Kier alpha value is -2.45. The van der Waals surface area contributed by atoms with Gasteiger partial charge in [-0.25, -0.2) is 12.8 Å². The quantitative estimate of drug-likeness (QED) is 0.446. The van der Waals surface area contributed by atoms with Crippen molar-refractivity contribution in [2.45, 2.75) is 64.8 Å². The Morgan fingerprint density at radius 2 is 1.73 bits per heavy atom. The second-order valence-corrected chi connectivity index (χ2v) is 9.03. The molecule has 1 aliphatic heterocycles. The van der Waals surface area contributed by atoms with Gasteiger partial charge in [-0.05, 0) is 61.2 Å². The van der Waals surface area contributed by atoms with Crippen LogP contribution in [0.2, 0.25) is 0 Å². The number of sulfonamides is 1. The largest absolute Gasteiger partial charge is 0.469 e. The van der Waals surface area contributed by atoms with E-state index in [1.807, 2.05) is 39.8 Å². The summed E-state index contributed by atoms with van der Waals surface area (Å²) in [5.41, 5.74) is 1.98. The number of para-hydroxylation sites is 1. The van der Waals surface area contributed by atoms with Crippen LogP contribution in [0.1, 0.15) is 69.7 Å². The molecule has 0 bridgehead atoms. The monoisotopic (exact) mass is 480 g/mol. The van der Waals surface area contributed by atoms with E-state index in [1.165, 1.54) is 30.6 Å². The fraction of sp³-hybridized carbons (Fsp3) is 0.480. The maximum Gasteiger partial charge on any atom is 0.305 e. The number of nitrogens with zero attached hydrogens (tertiary/aromatic N) is 1. The maximum absolute atomic E-state index is 14.4. The summed E-state index contributed by atoms with van der Waals surface area (Å²) in [5.74, 6) is -0.709. The number of carbonyl (C=O) groups is 1. The summed E-state index contributed by atoms with van der Waals surface area (Å²) in [6.45, 7) is 10.1. The van der Waals surface area contributed by atoms with Gasteiger partial charge >= 0.3 is 5.97 Å². The number of rotatable bonds is 6. The summed E-state index contributed by atoms with van der Waals surface area (Å²) in [5, 5.41) is 3.36. The fourth-order valence-corrected chi connectivity index (χ4v) is 5.07. The second kappa shape index (κ2) is 13.3. The smallest absolute Gasteiger partial charge is 0.305 e. The average Bonchev–Trinajstić information content (AvgIpc) is 2.90. The minimum absolute atomic E-state index is 0.0992. The molecule has 6 nitrogen and oxygen atoms in total. The van der Waals surface area contributed by atoms with Crippen LogP contribution < -0.4 is 9.62 Å². The number of hydrogen-bond donors (Lipinski definition) is 1. The van der Waals surface area contributed by atoms with Crippen LogP contribution in [0.25, 0.3) is 0 Å². The highest BCUT2D eigenvalue weighted by Crippen LogP contribution is 2.40. The highest BCUT2D eigenvalue weighted by atomic mass is 32.2. The SMILES string of the molecule is CC.CC.COC(=O)CCCCNC1c2ccccc2N(C)S(=O)(=O)c2cc(C)c(F)cc21. The topological polar surface area (TPSA) is 75.7 Å². The Bertz CT molecular complexity index is 1030. The van der Waals surface area contributed by atoms with Crippen molar-refractivity contribution in [3.05, 3.63) is 58.9 Å². The van der Waals surface area contributed by atoms with Crippen LogP contribution in [0.4, 0.5) is 10.1 Å². The Kier molecular flexibility index (Phi) is 11.5. The third-order valence-electron chi connectivity index (χ3n) is 5.21. The Labute approximate surface area is 198 Å². The third-order valence-corrected chi connectivity index (χ3v) is 7.04. The van der Waals surface area contributed by atoms with E-state index in [0.29, 0.717) is 37.1 Å². The molecule has 0 spiro atoms. The van der Waals surface area contributed by atoms with Crippen LogP contribution in [0.3, 0.4) is 0 Å². The number of unbranched alkanes of at least 4 members (excludes halogenated alkanes) is 1. The number of hydrogen-bond acceptors (Lipinski definition) is 5. The summed E-state index contributed by atoms with van der Waals surface area (Å²) in [7, 11) is -0.963. The number of carbonyl (C=O) groups excluding carboxylic acids is 1. The summed E-state index contributed by atoms with van der Waals surface area (Å²) < 4.78 is 46.7. The van der Waals surface area contributed by atoms with Gasteiger partial charge in [0.05, 0.1) is 23.7 Å². The molecule has 0 aromatic heterocycles. The van der Waals surface area contributed by atoms with E-state index in [-0.39, 0.29) is 16.4 Å². The molecule has 2 aromatic carbocycles. The first-order chi connectivity index (χ1) is 15.8. The lowest BCUT2D eigenvalue weighted by Gasteiger charge is -2.22. The molecule has 1 aliphatic rings. The lowest BCUT2D eigenvalue weighted by Crippen LogP contribution is -2.26. The molecular formula is C25H37FN2O4S. The minimum atomic E-state index is -3.83. The first kappa shape index (κ1) is 28.6. The fourth-order valence-electron chi connectivity index (χ4n) is 3.55. The zero-order valence-electron chi connectivity index (χ0n) is 20.7. The number of aryl methyl sites for hydroxylation is 1. The van der Waals surface area contributed by atoms with Crippen LogP contribution in [0, 0.1) is 12.7 Å².